The highest BCUT2D eigenvalue weighted by atomic mass is 79.9. The molecule has 16 heavy (non-hydrogen) atoms. The van der Waals surface area contributed by atoms with Crippen LogP contribution in [0.4, 0.5) is 4.39 Å². The van der Waals surface area contributed by atoms with E-state index in [1.165, 1.54) is 12.1 Å². The van der Waals surface area contributed by atoms with E-state index in [0.29, 0.717) is 6.42 Å². The lowest BCUT2D eigenvalue weighted by molar-refractivity contribution is 0.477. The zero-order chi connectivity index (χ0) is 11.9. The summed E-state index contributed by atoms with van der Waals surface area (Å²) in [6.07, 6.45) is 0.577. The van der Waals surface area contributed by atoms with E-state index in [2.05, 4.69) is 15.9 Å². The van der Waals surface area contributed by atoms with E-state index in [4.69, 9.17) is 4.55 Å². The van der Waals surface area contributed by atoms with Crippen molar-refractivity contribution in [3.63, 3.8) is 0 Å². The van der Waals surface area contributed by atoms with Crippen molar-refractivity contribution in [3.05, 3.63) is 35.1 Å². The summed E-state index contributed by atoms with van der Waals surface area (Å²) < 4.78 is 43.6. The molecule has 0 aliphatic heterocycles. The molecule has 0 spiro atoms. The molecule has 0 saturated carbocycles. The van der Waals surface area contributed by atoms with Gasteiger partial charge in [0.1, 0.15) is 5.82 Å². The van der Waals surface area contributed by atoms with Gasteiger partial charge in [0.15, 0.2) is 0 Å². The van der Waals surface area contributed by atoms with Crippen LogP contribution in [-0.4, -0.2) is 23.6 Å². The highest BCUT2D eigenvalue weighted by Gasteiger charge is 2.33. The van der Waals surface area contributed by atoms with Crippen LogP contribution >= 0.6 is 15.9 Å². The molecule has 0 amide bonds. The number of halogens is 2. The fourth-order valence-corrected chi connectivity index (χ4v) is 4.01. The molecule has 0 radical (unpaired) electrons. The molecule has 1 N–H and O–H groups in total. The van der Waals surface area contributed by atoms with Gasteiger partial charge in [-0.15, -0.1) is 0 Å². The molecule has 6 heteroatoms. The highest BCUT2D eigenvalue weighted by molar-refractivity contribution is 9.09. The Labute approximate surface area is 102 Å². The first-order chi connectivity index (χ1) is 7.37. The van der Waals surface area contributed by atoms with Crippen LogP contribution < -0.4 is 0 Å². The first-order valence-electron chi connectivity index (χ1n) is 4.74. The third-order valence-electron chi connectivity index (χ3n) is 2.75. The molecule has 88 valence electrons. The number of alkyl halides is 1. The fraction of sp³-hybridized carbons (Fsp3) is 0.400. The van der Waals surface area contributed by atoms with Gasteiger partial charge in [-0.1, -0.05) is 22.0 Å². The van der Waals surface area contributed by atoms with Gasteiger partial charge >= 0.3 is 0 Å². The molecule has 2 unspecified atom stereocenters. The van der Waals surface area contributed by atoms with Crippen LogP contribution in [0.25, 0.3) is 0 Å². The third-order valence-corrected chi connectivity index (χ3v) is 4.49. The Bertz CT molecular complexity index is 515. The van der Waals surface area contributed by atoms with Gasteiger partial charge < -0.3 is 0 Å². The van der Waals surface area contributed by atoms with Crippen LogP contribution in [-0.2, 0) is 16.5 Å². The van der Waals surface area contributed by atoms with Crippen LogP contribution in [0.1, 0.15) is 17.0 Å². The molecule has 0 saturated heterocycles. The van der Waals surface area contributed by atoms with Crippen LogP contribution in [0, 0.1) is 5.82 Å². The quantitative estimate of drug-likeness (QED) is 0.672. The Morgan fingerprint density at radius 2 is 2.19 bits per heavy atom. The summed E-state index contributed by atoms with van der Waals surface area (Å²) in [6, 6.07) is 4.30. The molecule has 2 atom stereocenters. The number of benzene rings is 1. The van der Waals surface area contributed by atoms with Crippen molar-refractivity contribution in [3.8, 4) is 0 Å². The Kier molecular flexibility index (Phi) is 3.07. The van der Waals surface area contributed by atoms with E-state index in [0.717, 1.165) is 11.1 Å². The summed E-state index contributed by atoms with van der Waals surface area (Å²) in [5, 5.41) is 0. The van der Waals surface area contributed by atoms with E-state index in [1.807, 2.05) is 0 Å². The van der Waals surface area contributed by atoms with Crippen molar-refractivity contribution in [1.82, 2.24) is 0 Å². The lowest BCUT2D eigenvalue weighted by Crippen LogP contribution is -2.18. The van der Waals surface area contributed by atoms with Gasteiger partial charge in [0.25, 0.3) is 10.1 Å². The topological polar surface area (TPSA) is 54.4 Å². The van der Waals surface area contributed by atoms with Crippen molar-refractivity contribution in [2.75, 3.05) is 5.75 Å². The molecule has 1 aromatic rings. The van der Waals surface area contributed by atoms with Crippen molar-refractivity contribution >= 4 is 26.0 Å². The SMILES string of the molecule is O=S(=O)(O)CC1c2ccc(F)cc2CC1Br. The monoisotopic (exact) mass is 308 g/mol. The van der Waals surface area contributed by atoms with Crippen molar-refractivity contribution in [2.45, 2.75) is 17.2 Å². The maximum absolute atomic E-state index is 13.0. The minimum Gasteiger partial charge on any atom is -0.286 e. The minimum atomic E-state index is -4.02. The second-order valence-electron chi connectivity index (χ2n) is 3.92. The van der Waals surface area contributed by atoms with Gasteiger partial charge in [-0.3, -0.25) is 4.55 Å². The second-order valence-corrected chi connectivity index (χ2v) is 6.59. The van der Waals surface area contributed by atoms with Gasteiger partial charge in [0, 0.05) is 10.7 Å². The molecular weight excluding hydrogens is 299 g/mol. The van der Waals surface area contributed by atoms with Crippen LogP contribution in [0.5, 0.6) is 0 Å². The number of fused-ring (bicyclic) bond motifs is 1. The summed E-state index contributed by atoms with van der Waals surface area (Å²) >= 11 is 3.36. The number of hydrogen-bond acceptors (Lipinski definition) is 2. The normalized spacial score (nSPS) is 24.4. The van der Waals surface area contributed by atoms with Crippen molar-refractivity contribution < 1.29 is 17.4 Å². The standard InChI is InChI=1S/C10H10BrFO3S/c11-10-4-6-3-7(12)1-2-8(6)9(10)5-16(13,14)15/h1-3,9-10H,4-5H2,(H,13,14,15). The molecule has 0 aromatic heterocycles. The molecule has 0 fully saturated rings. The average molecular weight is 309 g/mol. The van der Waals surface area contributed by atoms with Gasteiger partial charge in [-0.05, 0) is 29.7 Å². The van der Waals surface area contributed by atoms with Crippen molar-refractivity contribution in [1.29, 1.82) is 0 Å². The average Bonchev–Trinajstić information content (AvgIpc) is 2.40. The maximum Gasteiger partial charge on any atom is 0.265 e. The van der Waals surface area contributed by atoms with Gasteiger partial charge in [0.2, 0.25) is 0 Å². The van der Waals surface area contributed by atoms with E-state index in [1.54, 1.807) is 6.07 Å². The van der Waals surface area contributed by atoms with Gasteiger partial charge in [-0.25, -0.2) is 4.39 Å². The summed E-state index contributed by atoms with van der Waals surface area (Å²) in [4.78, 5) is -0.0776. The second kappa shape index (κ2) is 4.09. The molecule has 0 heterocycles. The van der Waals surface area contributed by atoms with Crippen molar-refractivity contribution in [2.24, 2.45) is 0 Å². The largest absolute Gasteiger partial charge is 0.286 e. The van der Waals surface area contributed by atoms with Gasteiger partial charge in [-0.2, -0.15) is 8.42 Å². The van der Waals surface area contributed by atoms with E-state index in [9.17, 15) is 12.8 Å². The molecule has 1 aromatic carbocycles. The highest BCUT2D eigenvalue weighted by Crippen LogP contribution is 2.38. The van der Waals surface area contributed by atoms with E-state index in [-0.39, 0.29) is 22.3 Å². The molecule has 1 aliphatic rings. The molecule has 3 nitrogen and oxygen atoms in total. The smallest absolute Gasteiger partial charge is 0.265 e. The Hall–Kier alpha value is -0.460. The first kappa shape index (κ1) is 12.0. The number of hydrogen-bond donors (Lipinski definition) is 1. The van der Waals surface area contributed by atoms with Crippen LogP contribution in [0.2, 0.25) is 0 Å². The summed E-state index contributed by atoms with van der Waals surface area (Å²) in [6.45, 7) is 0. The predicted molar refractivity (Wildman–Crippen MR) is 62.0 cm³/mol. The zero-order valence-corrected chi connectivity index (χ0v) is 10.6. The Balaban J connectivity index is 2.37. The lowest BCUT2D eigenvalue weighted by Gasteiger charge is -2.13. The molecule has 1 aliphatic carbocycles. The molecule has 2 rings (SSSR count). The Morgan fingerprint density at radius 3 is 2.81 bits per heavy atom. The van der Waals surface area contributed by atoms with Gasteiger partial charge in [0.05, 0.1) is 5.75 Å². The fourth-order valence-electron chi connectivity index (χ4n) is 2.08. The molecule has 0 bridgehead atoms. The summed E-state index contributed by atoms with van der Waals surface area (Å²) in [5.41, 5.74) is 1.59. The summed E-state index contributed by atoms with van der Waals surface area (Å²) in [5.74, 6) is -0.974. The predicted octanol–water partition coefficient (Wildman–Crippen LogP) is 2.12. The third kappa shape index (κ3) is 2.44. The van der Waals surface area contributed by atoms with Crippen LogP contribution in [0.15, 0.2) is 18.2 Å². The first-order valence-corrected chi connectivity index (χ1v) is 7.27. The zero-order valence-electron chi connectivity index (χ0n) is 8.23. The van der Waals surface area contributed by atoms with Crippen LogP contribution in [0.3, 0.4) is 0 Å². The van der Waals surface area contributed by atoms with E-state index < -0.39 is 10.1 Å². The maximum atomic E-state index is 13.0. The lowest BCUT2D eigenvalue weighted by atomic mass is 10.0. The Morgan fingerprint density at radius 1 is 1.50 bits per heavy atom. The summed E-state index contributed by atoms with van der Waals surface area (Å²) in [7, 11) is -4.02. The van der Waals surface area contributed by atoms with E-state index >= 15 is 0 Å². The molecular formula is C10H10BrFO3S. The number of rotatable bonds is 2. The minimum absolute atomic E-state index is 0.0776.